The van der Waals surface area contributed by atoms with E-state index in [-0.39, 0.29) is 6.54 Å². The monoisotopic (exact) mass is 273 g/mol. The Hall–Kier alpha value is -0.410. The van der Waals surface area contributed by atoms with Crippen LogP contribution in [0, 0.1) is 0 Å². The SMILES string of the molecule is CCCC(F)(CN)Cc1cccc(Br)c1. The highest BCUT2D eigenvalue weighted by molar-refractivity contribution is 9.10. The lowest BCUT2D eigenvalue weighted by Crippen LogP contribution is -2.35. The van der Waals surface area contributed by atoms with E-state index in [0.29, 0.717) is 12.8 Å². The van der Waals surface area contributed by atoms with Gasteiger partial charge >= 0.3 is 0 Å². The molecule has 0 aromatic heterocycles. The predicted octanol–water partition coefficient (Wildman–Crippen LogP) is 3.46. The molecule has 1 nitrogen and oxygen atoms in total. The summed E-state index contributed by atoms with van der Waals surface area (Å²) < 4.78 is 15.2. The average Bonchev–Trinajstić information content (AvgIpc) is 2.18. The van der Waals surface area contributed by atoms with Gasteiger partial charge in [0.15, 0.2) is 0 Å². The summed E-state index contributed by atoms with van der Waals surface area (Å²) in [5.41, 5.74) is 5.23. The molecule has 1 atom stereocenters. The van der Waals surface area contributed by atoms with Crippen molar-refractivity contribution in [3.05, 3.63) is 34.3 Å². The number of halogens is 2. The van der Waals surface area contributed by atoms with Crippen LogP contribution in [0.3, 0.4) is 0 Å². The molecule has 0 amide bonds. The second kappa shape index (κ2) is 5.61. The molecule has 0 spiro atoms. The zero-order chi connectivity index (χ0) is 11.3. The van der Waals surface area contributed by atoms with Crippen LogP contribution in [0.4, 0.5) is 4.39 Å². The summed E-state index contributed by atoms with van der Waals surface area (Å²) in [7, 11) is 0. The van der Waals surface area contributed by atoms with Gasteiger partial charge in [0.1, 0.15) is 5.67 Å². The van der Waals surface area contributed by atoms with Crippen molar-refractivity contribution in [1.29, 1.82) is 0 Å². The standard InChI is InChI=1S/C12H17BrFN/c1-2-6-12(14,9-15)8-10-4-3-5-11(13)7-10/h3-5,7H,2,6,8-9,15H2,1H3. The Morgan fingerprint density at radius 1 is 1.47 bits per heavy atom. The molecule has 1 aromatic rings. The van der Waals surface area contributed by atoms with Crippen molar-refractivity contribution < 1.29 is 4.39 Å². The van der Waals surface area contributed by atoms with Gasteiger partial charge in [-0.2, -0.15) is 0 Å². The lowest BCUT2D eigenvalue weighted by Gasteiger charge is -2.23. The molecule has 0 fully saturated rings. The second-order valence-corrected chi connectivity index (χ2v) is 4.83. The lowest BCUT2D eigenvalue weighted by atomic mass is 9.92. The Morgan fingerprint density at radius 2 is 2.20 bits per heavy atom. The number of benzene rings is 1. The summed E-state index contributed by atoms with van der Waals surface area (Å²) in [5.74, 6) is 0. The highest BCUT2D eigenvalue weighted by Gasteiger charge is 2.26. The first-order valence-corrected chi connectivity index (χ1v) is 6.02. The Kier molecular flexibility index (Phi) is 4.74. The van der Waals surface area contributed by atoms with E-state index in [1.165, 1.54) is 0 Å². The fourth-order valence-electron chi connectivity index (χ4n) is 1.72. The quantitative estimate of drug-likeness (QED) is 0.874. The first-order valence-electron chi connectivity index (χ1n) is 5.23. The van der Waals surface area contributed by atoms with Gasteiger partial charge in [-0.1, -0.05) is 41.4 Å². The summed E-state index contributed by atoms with van der Waals surface area (Å²) in [6.45, 7) is 2.07. The van der Waals surface area contributed by atoms with Crippen molar-refractivity contribution in [3.8, 4) is 0 Å². The van der Waals surface area contributed by atoms with E-state index in [2.05, 4.69) is 15.9 Å². The highest BCUT2D eigenvalue weighted by Crippen LogP contribution is 2.24. The van der Waals surface area contributed by atoms with Crippen LogP contribution in [0.1, 0.15) is 25.3 Å². The minimum Gasteiger partial charge on any atom is -0.328 e. The molecule has 1 unspecified atom stereocenters. The van der Waals surface area contributed by atoms with Crippen molar-refractivity contribution >= 4 is 15.9 Å². The maximum atomic E-state index is 14.2. The molecule has 0 saturated heterocycles. The van der Waals surface area contributed by atoms with Gasteiger partial charge in [0, 0.05) is 17.4 Å². The maximum Gasteiger partial charge on any atom is 0.127 e. The van der Waals surface area contributed by atoms with Crippen LogP contribution in [0.2, 0.25) is 0 Å². The van der Waals surface area contributed by atoms with Crippen molar-refractivity contribution in [2.75, 3.05) is 6.54 Å². The fraction of sp³-hybridized carbons (Fsp3) is 0.500. The lowest BCUT2D eigenvalue weighted by molar-refractivity contribution is 0.158. The zero-order valence-corrected chi connectivity index (χ0v) is 10.6. The van der Waals surface area contributed by atoms with E-state index in [1.807, 2.05) is 31.2 Å². The predicted molar refractivity (Wildman–Crippen MR) is 65.6 cm³/mol. The first kappa shape index (κ1) is 12.7. The minimum absolute atomic E-state index is 0.0906. The summed E-state index contributed by atoms with van der Waals surface area (Å²) >= 11 is 3.38. The van der Waals surface area contributed by atoms with Crippen molar-refractivity contribution in [1.82, 2.24) is 0 Å². The molecule has 1 rings (SSSR count). The third kappa shape index (κ3) is 3.92. The molecule has 15 heavy (non-hydrogen) atoms. The second-order valence-electron chi connectivity index (χ2n) is 3.91. The fourth-order valence-corrected chi connectivity index (χ4v) is 2.17. The Labute approximate surface area is 99.0 Å². The maximum absolute atomic E-state index is 14.2. The molecule has 0 heterocycles. The molecule has 3 heteroatoms. The molecule has 0 aliphatic heterocycles. The van der Waals surface area contributed by atoms with Crippen LogP contribution in [0.15, 0.2) is 28.7 Å². The highest BCUT2D eigenvalue weighted by atomic mass is 79.9. The van der Waals surface area contributed by atoms with Gasteiger partial charge in [0.05, 0.1) is 0 Å². The minimum atomic E-state index is -1.25. The first-order chi connectivity index (χ1) is 7.09. The molecule has 0 radical (unpaired) electrons. The van der Waals surface area contributed by atoms with Gasteiger partial charge < -0.3 is 5.73 Å². The topological polar surface area (TPSA) is 26.0 Å². The molecule has 0 aliphatic rings. The third-order valence-electron chi connectivity index (χ3n) is 2.47. The molecule has 0 aliphatic carbocycles. The van der Waals surface area contributed by atoms with Crippen molar-refractivity contribution in [3.63, 3.8) is 0 Å². The van der Waals surface area contributed by atoms with E-state index in [1.54, 1.807) is 0 Å². The van der Waals surface area contributed by atoms with E-state index in [9.17, 15) is 4.39 Å². The number of nitrogens with two attached hydrogens (primary N) is 1. The molecule has 84 valence electrons. The normalized spacial score (nSPS) is 14.9. The van der Waals surface area contributed by atoms with Crippen LogP contribution in [-0.4, -0.2) is 12.2 Å². The molecule has 2 N–H and O–H groups in total. The number of rotatable bonds is 5. The van der Waals surface area contributed by atoms with Crippen molar-refractivity contribution in [2.45, 2.75) is 31.9 Å². The molecular formula is C12H17BrFN. The van der Waals surface area contributed by atoms with E-state index in [4.69, 9.17) is 5.73 Å². The van der Waals surface area contributed by atoms with Gasteiger partial charge in [-0.15, -0.1) is 0 Å². The van der Waals surface area contributed by atoms with Gasteiger partial charge in [0.25, 0.3) is 0 Å². The summed E-state index contributed by atoms with van der Waals surface area (Å²) in [6.07, 6.45) is 1.74. The van der Waals surface area contributed by atoms with Crippen molar-refractivity contribution in [2.24, 2.45) is 5.73 Å². The summed E-state index contributed by atoms with van der Waals surface area (Å²) in [5, 5.41) is 0. The van der Waals surface area contributed by atoms with Crippen LogP contribution >= 0.6 is 15.9 Å². The van der Waals surface area contributed by atoms with Crippen LogP contribution in [-0.2, 0) is 6.42 Å². The molecule has 0 saturated carbocycles. The molecule has 1 aromatic carbocycles. The van der Waals surface area contributed by atoms with E-state index >= 15 is 0 Å². The number of alkyl halides is 1. The Bertz CT molecular complexity index is 316. The molecular weight excluding hydrogens is 257 g/mol. The van der Waals surface area contributed by atoms with Crippen LogP contribution in [0.5, 0.6) is 0 Å². The summed E-state index contributed by atoms with van der Waals surface area (Å²) in [6, 6.07) is 7.73. The number of hydrogen-bond acceptors (Lipinski definition) is 1. The molecule has 0 bridgehead atoms. The van der Waals surface area contributed by atoms with E-state index < -0.39 is 5.67 Å². The largest absolute Gasteiger partial charge is 0.328 e. The van der Waals surface area contributed by atoms with Crippen LogP contribution < -0.4 is 5.73 Å². The Balaban J connectivity index is 2.74. The van der Waals surface area contributed by atoms with Gasteiger partial charge in [-0.25, -0.2) is 4.39 Å². The van der Waals surface area contributed by atoms with Gasteiger partial charge in [-0.3, -0.25) is 0 Å². The Morgan fingerprint density at radius 3 is 2.73 bits per heavy atom. The smallest absolute Gasteiger partial charge is 0.127 e. The van der Waals surface area contributed by atoms with Gasteiger partial charge in [0.2, 0.25) is 0 Å². The number of hydrogen-bond donors (Lipinski definition) is 1. The average molecular weight is 274 g/mol. The van der Waals surface area contributed by atoms with Gasteiger partial charge in [-0.05, 0) is 24.1 Å². The summed E-state index contributed by atoms with van der Waals surface area (Å²) in [4.78, 5) is 0. The van der Waals surface area contributed by atoms with E-state index in [0.717, 1.165) is 16.5 Å². The zero-order valence-electron chi connectivity index (χ0n) is 8.97. The third-order valence-corrected chi connectivity index (χ3v) is 2.97. The van der Waals surface area contributed by atoms with Crippen LogP contribution in [0.25, 0.3) is 0 Å².